The second-order valence-electron chi connectivity index (χ2n) is 3.73. The molecule has 0 bridgehead atoms. The smallest absolute Gasteiger partial charge is 0.264 e. The quantitative estimate of drug-likeness (QED) is 0.678. The van der Waals surface area contributed by atoms with E-state index in [4.69, 9.17) is 4.74 Å². The number of nitrogens with zero attached hydrogens (tertiary/aromatic N) is 2. The number of ether oxygens (including phenoxy) is 1. The first-order chi connectivity index (χ1) is 9.17. The summed E-state index contributed by atoms with van der Waals surface area (Å²) in [5.74, 6) is 0.423. The Kier molecular flexibility index (Phi) is 4.75. The summed E-state index contributed by atoms with van der Waals surface area (Å²) in [6, 6.07) is 7.53. The highest BCUT2D eigenvalue weighted by atomic mass is 32.2. The van der Waals surface area contributed by atoms with Gasteiger partial charge in [-0.05, 0) is 25.3 Å². The molecule has 7 heteroatoms. The lowest BCUT2D eigenvalue weighted by Crippen LogP contribution is -2.20. The summed E-state index contributed by atoms with van der Waals surface area (Å²) in [5, 5.41) is 10.9. The van der Waals surface area contributed by atoms with E-state index in [9.17, 15) is 4.79 Å². The zero-order valence-electron chi connectivity index (χ0n) is 10.5. The molecule has 2 aromatic rings. The minimum Gasteiger partial charge on any atom is -0.484 e. The Bertz CT molecular complexity index is 554. The van der Waals surface area contributed by atoms with Crippen LogP contribution in [0.25, 0.3) is 0 Å². The van der Waals surface area contributed by atoms with Crippen LogP contribution >= 0.6 is 23.1 Å². The van der Waals surface area contributed by atoms with Crippen LogP contribution in [-0.2, 0) is 4.79 Å². The molecule has 0 unspecified atom stereocenters. The first-order valence-electron chi connectivity index (χ1n) is 5.54. The number of aromatic nitrogens is 2. The fourth-order valence-corrected chi connectivity index (χ4v) is 2.47. The Hall–Kier alpha value is -1.60. The zero-order chi connectivity index (χ0) is 13.7. The third-order valence-corrected chi connectivity index (χ3v) is 4.03. The minimum atomic E-state index is -0.246. The van der Waals surface area contributed by atoms with Crippen molar-refractivity contribution in [3.63, 3.8) is 0 Å². The molecule has 100 valence electrons. The first-order valence-corrected chi connectivity index (χ1v) is 7.58. The van der Waals surface area contributed by atoms with Gasteiger partial charge in [0, 0.05) is 0 Å². The lowest BCUT2D eigenvalue weighted by atomic mass is 10.2. The fourth-order valence-electron chi connectivity index (χ4n) is 1.28. The van der Waals surface area contributed by atoms with Gasteiger partial charge in [0.15, 0.2) is 10.9 Å². The van der Waals surface area contributed by atoms with Gasteiger partial charge in [0.05, 0.1) is 0 Å². The standard InChI is InChI=1S/C12H13N3O2S2/c1-8-3-5-9(6-4-8)17-7-10(16)13-11-14-15-12(18-2)19-11/h3-6H,7H2,1-2H3,(H,13,14,16). The predicted molar refractivity (Wildman–Crippen MR) is 77.0 cm³/mol. The largest absolute Gasteiger partial charge is 0.484 e. The van der Waals surface area contributed by atoms with Crippen LogP contribution in [0.1, 0.15) is 5.56 Å². The van der Waals surface area contributed by atoms with E-state index in [1.54, 1.807) is 0 Å². The van der Waals surface area contributed by atoms with E-state index in [1.807, 2.05) is 37.4 Å². The number of rotatable bonds is 5. The van der Waals surface area contributed by atoms with E-state index >= 15 is 0 Å². The molecule has 5 nitrogen and oxygen atoms in total. The molecule has 0 saturated carbocycles. The maximum Gasteiger partial charge on any atom is 0.264 e. The third-order valence-electron chi connectivity index (χ3n) is 2.22. The monoisotopic (exact) mass is 295 g/mol. The number of thioether (sulfide) groups is 1. The molecule has 1 aromatic carbocycles. The van der Waals surface area contributed by atoms with Gasteiger partial charge >= 0.3 is 0 Å². The van der Waals surface area contributed by atoms with Crippen molar-refractivity contribution < 1.29 is 9.53 Å². The molecule has 19 heavy (non-hydrogen) atoms. The van der Waals surface area contributed by atoms with E-state index in [-0.39, 0.29) is 12.5 Å². The van der Waals surface area contributed by atoms with Crippen LogP contribution in [0.5, 0.6) is 5.75 Å². The summed E-state index contributed by atoms with van der Waals surface area (Å²) in [5.41, 5.74) is 1.15. The van der Waals surface area contributed by atoms with Crippen molar-refractivity contribution in [2.24, 2.45) is 0 Å². The highest BCUT2D eigenvalue weighted by molar-refractivity contribution is 8.00. The molecule has 1 N–H and O–H groups in total. The van der Waals surface area contributed by atoms with Gasteiger partial charge in [-0.2, -0.15) is 0 Å². The molecular weight excluding hydrogens is 282 g/mol. The van der Waals surface area contributed by atoms with Crippen LogP contribution in [0.2, 0.25) is 0 Å². The van der Waals surface area contributed by atoms with Crippen molar-refractivity contribution in [1.29, 1.82) is 0 Å². The third kappa shape index (κ3) is 4.22. The minimum absolute atomic E-state index is 0.0444. The average molecular weight is 295 g/mol. The first kappa shape index (κ1) is 13.8. The van der Waals surface area contributed by atoms with Crippen molar-refractivity contribution in [3.05, 3.63) is 29.8 Å². The Morgan fingerprint density at radius 2 is 2.11 bits per heavy atom. The van der Waals surface area contributed by atoms with Crippen molar-refractivity contribution >= 4 is 34.1 Å². The van der Waals surface area contributed by atoms with Gasteiger partial charge in [-0.15, -0.1) is 10.2 Å². The summed E-state index contributed by atoms with van der Waals surface area (Å²) in [6.07, 6.45) is 1.91. The van der Waals surface area contributed by atoms with Crippen molar-refractivity contribution in [1.82, 2.24) is 10.2 Å². The Morgan fingerprint density at radius 1 is 1.37 bits per heavy atom. The van der Waals surface area contributed by atoms with Crippen LogP contribution < -0.4 is 10.1 Å². The molecule has 1 amide bonds. The van der Waals surface area contributed by atoms with E-state index < -0.39 is 0 Å². The van der Waals surface area contributed by atoms with Gasteiger partial charge < -0.3 is 4.74 Å². The summed E-state index contributed by atoms with van der Waals surface area (Å²) >= 11 is 2.83. The normalized spacial score (nSPS) is 10.2. The molecule has 1 heterocycles. The SMILES string of the molecule is CSc1nnc(NC(=O)COc2ccc(C)cc2)s1. The highest BCUT2D eigenvalue weighted by Crippen LogP contribution is 2.22. The van der Waals surface area contributed by atoms with Crippen LogP contribution in [-0.4, -0.2) is 29.0 Å². The molecular formula is C12H13N3O2S2. The molecule has 0 aliphatic rings. The topological polar surface area (TPSA) is 64.1 Å². The second-order valence-corrected chi connectivity index (χ2v) is 5.76. The molecule has 0 atom stereocenters. The maximum absolute atomic E-state index is 11.6. The van der Waals surface area contributed by atoms with Crippen molar-refractivity contribution in [2.45, 2.75) is 11.3 Å². The number of aryl methyl sites for hydroxylation is 1. The van der Waals surface area contributed by atoms with Gasteiger partial charge in [0.1, 0.15) is 5.75 Å². The average Bonchev–Trinajstić information content (AvgIpc) is 2.86. The van der Waals surface area contributed by atoms with Crippen LogP contribution in [0, 0.1) is 6.92 Å². The molecule has 0 fully saturated rings. The zero-order valence-corrected chi connectivity index (χ0v) is 12.2. The van der Waals surface area contributed by atoms with E-state index in [2.05, 4.69) is 15.5 Å². The summed E-state index contributed by atoms with van der Waals surface area (Å²) < 4.78 is 6.18. The number of carbonyl (C=O) groups excluding carboxylic acids is 1. The fraction of sp³-hybridized carbons (Fsp3) is 0.250. The number of nitrogens with one attached hydrogen (secondary N) is 1. The maximum atomic E-state index is 11.6. The lowest BCUT2D eigenvalue weighted by Gasteiger charge is -2.05. The second kappa shape index (κ2) is 6.53. The van der Waals surface area contributed by atoms with Gasteiger partial charge in [-0.3, -0.25) is 10.1 Å². The summed E-state index contributed by atoms with van der Waals surface area (Å²) in [7, 11) is 0. The number of benzene rings is 1. The molecule has 0 spiro atoms. The Balaban J connectivity index is 1.82. The van der Waals surface area contributed by atoms with Crippen LogP contribution in [0.15, 0.2) is 28.6 Å². The molecule has 0 radical (unpaired) electrons. The van der Waals surface area contributed by atoms with Crippen LogP contribution in [0.3, 0.4) is 0 Å². The predicted octanol–water partition coefficient (Wildman–Crippen LogP) is 2.59. The summed E-state index contributed by atoms with van der Waals surface area (Å²) in [4.78, 5) is 11.6. The summed E-state index contributed by atoms with van der Waals surface area (Å²) in [6.45, 7) is 1.95. The molecule has 0 aliphatic carbocycles. The van der Waals surface area contributed by atoms with Gasteiger partial charge in [-0.25, -0.2) is 0 Å². The van der Waals surface area contributed by atoms with E-state index in [0.29, 0.717) is 10.9 Å². The Labute approximate surface area is 119 Å². The van der Waals surface area contributed by atoms with E-state index in [0.717, 1.165) is 9.90 Å². The number of anilines is 1. The van der Waals surface area contributed by atoms with Gasteiger partial charge in [0.2, 0.25) is 5.13 Å². The molecule has 2 rings (SSSR count). The molecule has 1 aromatic heterocycles. The van der Waals surface area contributed by atoms with Crippen LogP contribution in [0.4, 0.5) is 5.13 Å². The Morgan fingerprint density at radius 3 is 2.74 bits per heavy atom. The number of carbonyl (C=O) groups is 1. The van der Waals surface area contributed by atoms with Gasteiger partial charge in [-0.1, -0.05) is 40.8 Å². The lowest BCUT2D eigenvalue weighted by molar-refractivity contribution is -0.118. The van der Waals surface area contributed by atoms with E-state index in [1.165, 1.54) is 23.1 Å². The number of amides is 1. The number of hydrogen-bond donors (Lipinski definition) is 1. The number of hydrogen-bond acceptors (Lipinski definition) is 6. The van der Waals surface area contributed by atoms with Crippen molar-refractivity contribution in [3.8, 4) is 5.75 Å². The molecule has 0 saturated heterocycles. The van der Waals surface area contributed by atoms with Crippen molar-refractivity contribution in [2.75, 3.05) is 18.2 Å². The highest BCUT2D eigenvalue weighted by Gasteiger charge is 2.08. The molecule has 0 aliphatic heterocycles. The van der Waals surface area contributed by atoms with Gasteiger partial charge in [0.25, 0.3) is 5.91 Å².